The maximum atomic E-state index is 6.24. The van der Waals surface area contributed by atoms with E-state index in [0.29, 0.717) is 6.54 Å². The SMILES string of the molecule is C#CCN(C)C[C@H](Cl)Cc1ccccc1. The average Bonchev–Trinajstić information content (AvgIpc) is 2.19. The van der Waals surface area contributed by atoms with Gasteiger partial charge in [-0.15, -0.1) is 18.0 Å². The van der Waals surface area contributed by atoms with Gasteiger partial charge in [0.1, 0.15) is 0 Å². The van der Waals surface area contributed by atoms with Crippen molar-refractivity contribution in [3.8, 4) is 12.3 Å². The van der Waals surface area contributed by atoms with Gasteiger partial charge in [0, 0.05) is 6.54 Å². The molecule has 1 rings (SSSR count). The summed E-state index contributed by atoms with van der Waals surface area (Å²) in [5, 5.41) is 0.116. The van der Waals surface area contributed by atoms with E-state index in [1.54, 1.807) is 0 Å². The molecule has 0 fully saturated rings. The average molecular weight is 222 g/mol. The Bertz CT molecular complexity index is 315. The van der Waals surface area contributed by atoms with Crippen molar-refractivity contribution in [2.24, 2.45) is 0 Å². The first-order chi connectivity index (χ1) is 7.22. The second kappa shape index (κ2) is 6.50. The van der Waals surface area contributed by atoms with Crippen molar-refractivity contribution in [2.75, 3.05) is 20.1 Å². The Morgan fingerprint density at radius 1 is 1.40 bits per heavy atom. The summed E-state index contributed by atoms with van der Waals surface area (Å²) in [5.74, 6) is 2.60. The largest absolute Gasteiger partial charge is 0.294 e. The van der Waals surface area contributed by atoms with Crippen LogP contribution in [0.2, 0.25) is 0 Å². The Labute approximate surface area is 97.0 Å². The third-order valence-electron chi connectivity index (χ3n) is 2.17. The quantitative estimate of drug-likeness (QED) is 0.545. The Hall–Kier alpha value is -0.970. The molecule has 0 aliphatic heterocycles. The van der Waals surface area contributed by atoms with E-state index in [1.165, 1.54) is 5.56 Å². The van der Waals surface area contributed by atoms with E-state index >= 15 is 0 Å². The fourth-order valence-electron chi connectivity index (χ4n) is 1.49. The molecule has 0 radical (unpaired) electrons. The van der Waals surface area contributed by atoms with Crippen LogP contribution >= 0.6 is 11.6 Å². The Morgan fingerprint density at radius 2 is 2.07 bits per heavy atom. The number of alkyl halides is 1. The number of terminal acetylenes is 1. The van der Waals surface area contributed by atoms with E-state index in [4.69, 9.17) is 18.0 Å². The summed E-state index contributed by atoms with van der Waals surface area (Å²) in [4.78, 5) is 2.06. The van der Waals surface area contributed by atoms with E-state index in [-0.39, 0.29) is 5.38 Å². The molecule has 0 unspecified atom stereocenters. The van der Waals surface area contributed by atoms with Crippen molar-refractivity contribution in [3.05, 3.63) is 35.9 Å². The van der Waals surface area contributed by atoms with Crippen LogP contribution in [0.15, 0.2) is 30.3 Å². The number of hydrogen-bond acceptors (Lipinski definition) is 1. The van der Waals surface area contributed by atoms with Crippen LogP contribution in [0.1, 0.15) is 5.56 Å². The van der Waals surface area contributed by atoms with Crippen LogP contribution in [-0.4, -0.2) is 30.4 Å². The number of rotatable bonds is 5. The predicted octanol–water partition coefficient (Wildman–Crippen LogP) is 2.40. The zero-order chi connectivity index (χ0) is 11.1. The van der Waals surface area contributed by atoms with Gasteiger partial charge in [-0.25, -0.2) is 0 Å². The van der Waals surface area contributed by atoms with E-state index < -0.39 is 0 Å². The lowest BCUT2D eigenvalue weighted by Gasteiger charge is -2.17. The van der Waals surface area contributed by atoms with Gasteiger partial charge in [0.15, 0.2) is 0 Å². The summed E-state index contributed by atoms with van der Waals surface area (Å²) < 4.78 is 0. The first-order valence-corrected chi connectivity index (χ1v) is 5.46. The van der Waals surface area contributed by atoms with Gasteiger partial charge in [-0.2, -0.15) is 0 Å². The molecule has 80 valence electrons. The first-order valence-electron chi connectivity index (χ1n) is 5.02. The van der Waals surface area contributed by atoms with Crippen molar-refractivity contribution >= 4 is 11.6 Å². The summed E-state index contributed by atoms with van der Waals surface area (Å²) in [6.07, 6.45) is 6.11. The molecule has 0 saturated heterocycles. The highest BCUT2D eigenvalue weighted by Crippen LogP contribution is 2.08. The molecule has 0 heterocycles. The summed E-state index contributed by atoms with van der Waals surface area (Å²) in [7, 11) is 1.99. The maximum absolute atomic E-state index is 6.24. The lowest BCUT2D eigenvalue weighted by atomic mass is 10.1. The first kappa shape index (κ1) is 12.1. The highest BCUT2D eigenvalue weighted by Gasteiger charge is 2.08. The molecule has 0 bridgehead atoms. The molecule has 0 N–H and O–H groups in total. The highest BCUT2D eigenvalue weighted by molar-refractivity contribution is 6.20. The number of hydrogen-bond donors (Lipinski definition) is 0. The van der Waals surface area contributed by atoms with Crippen LogP contribution < -0.4 is 0 Å². The monoisotopic (exact) mass is 221 g/mol. The second-order valence-corrected chi connectivity index (χ2v) is 4.31. The fourth-order valence-corrected chi connectivity index (χ4v) is 1.91. The third kappa shape index (κ3) is 4.88. The Morgan fingerprint density at radius 3 is 2.67 bits per heavy atom. The predicted molar refractivity (Wildman–Crippen MR) is 66.1 cm³/mol. The molecule has 0 spiro atoms. The molecule has 0 amide bonds. The summed E-state index contributed by atoms with van der Waals surface area (Å²) in [6, 6.07) is 10.3. The van der Waals surface area contributed by atoms with Gasteiger partial charge in [-0.05, 0) is 19.0 Å². The minimum absolute atomic E-state index is 0.116. The minimum atomic E-state index is 0.116. The molecule has 1 aromatic carbocycles. The van der Waals surface area contributed by atoms with Gasteiger partial charge in [-0.3, -0.25) is 4.90 Å². The van der Waals surface area contributed by atoms with Crippen molar-refractivity contribution in [3.63, 3.8) is 0 Å². The molecule has 0 saturated carbocycles. The van der Waals surface area contributed by atoms with Crippen LogP contribution in [0.4, 0.5) is 0 Å². The van der Waals surface area contributed by atoms with Crippen LogP contribution in [0.25, 0.3) is 0 Å². The smallest absolute Gasteiger partial charge is 0.0596 e. The fraction of sp³-hybridized carbons (Fsp3) is 0.385. The van der Waals surface area contributed by atoms with Crippen molar-refractivity contribution in [1.82, 2.24) is 4.90 Å². The van der Waals surface area contributed by atoms with Crippen LogP contribution in [-0.2, 0) is 6.42 Å². The van der Waals surface area contributed by atoms with Crippen molar-refractivity contribution in [1.29, 1.82) is 0 Å². The zero-order valence-corrected chi connectivity index (χ0v) is 9.74. The lowest BCUT2D eigenvalue weighted by Crippen LogP contribution is -2.27. The Balaban J connectivity index is 2.37. The second-order valence-electron chi connectivity index (χ2n) is 3.69. The zero-order valence-electron chi connectivity index (χ0n) is 8.99. The number of halogens is 1. The maximum Gasteiger partial charge on any atom is 0.0596 e. The summed E-state index contributed by atoms with van der Waals surface area (Å²) >= 11 is 6.24. The molecule has 1 aromatic rings. The van der Waals surface area contributed by atoms with E-state index in [1.807, 2.05) is 25.2 Å². The molecule has 0 aromatic heterocycles. The Kier molecular flexibility index (Phi) is 5.25. The van der Waals surface area contributed by atoms with Gasteiger partial charge in [-0.1, -0.05) is 36.3 Å². The molecule has 0 aliphatic rings. The highest BCUT2D eigenvalue weighted by atomic mass is 35.5. The summed E-state index contributed by atoms with van der Waals surface area (Å²) in [5.41, 5.74) is 1.27. The van der Waals surface area contributed by atoms with Gasteiger partial charge >= 0.3 is 0 Å². The van der Waals surface area contributed by atoms with Crippen molar-refractivity contribution < 1.29 is 0 Å². The van der Waals surface area contributed by atoms with E-state index in [0.717, 1.165) is 13.0 Å². The molecule has 1 atom stereocenters. The van der Waals surface area contributed by atoms with Crippen LogP contribution in [0, 0.1) is 12.3 Å². The van der Waals surface area contributed by atoms with Crippen LogP contribution in [0.3, 0.4) is 0 Å². The molecular weight excluding hydrogens is 206 g/mol. The van der Waals surface area contributed by atoms with Gasteiger partial charge in [0.2, 0.25) is 0 Å². The number of nitrogens with zero attached hydrogens (tertiary/aromatic N) is 1. The third-order valence-corrected chi connectivity index (χ3v) is 2.46. The molecule has 15 heavy (non-hydrogen) atoms. The molecular formula is C13H16ClN. The minimum Gasteiger partial charge on any atom is -0.294 e. The normalized spacial score (nSPS) is 12.4. The molecule has 0 aliphatic carbocycles. The van der Waals surface area contributed by atoms with Gasteiger partial charge < -0.3 is 0 Å². The van der Waals surface area contributed by atoms with E-state index in [9.17, 15) is 0 Å². The van der Waals surface area contributed by atoms with Crippen LogP contribution in [0.5, 0.6) is 0 Å². The summed E-state index contributed by atoms with van der Waals surface area (Å²) in [6.45, 7) is 1.47. The standard InChI is InChI=1S/C13H16ClN/c1-3-9-15(2)11-13(14)10-12-7-5-4-6-8-12/h1,4-8,13H,9-11H2,2H3/t13-/m1/s1. The van der Waals surface area contributed by atoms with Crippen molar-refractivity contribution in [2.45, 2.75) is 11.8 Å². The van der Waals surface area contributed by atoms with Gasteiger partial charge in [0.25, 0.3) is 0 Å². The van der Waals surface area contributed by atoms with E-state index in [2.05, 4.69) is 23.0 Å². The topological polar surface area (TPSA) is 3.24 Å². The number of benzene rings is 1. The van der Waals surface area contributed by atoms with Gasteiger partial charge in [0.05, 0.1) is 11.9 Å². The lowest BCUT2D eigenvalue weighted by molar-refractivity contribution is 0.372. The molecule has 2 heteroatoms. The molecule has 1 nitrogen and oxygen atoms in total.